The Balaban J connectivity index is 2.48. The Morgan fingerprint density at radius 1 is 1.35 bits per heavy atom. The molecule has 0 aromatic carbocycles. The Labute approximate surface area is 106 Å². The van der Waals surface area contributed by atoms with E-state index in [0.717, 1.165) is 19.5 Å². The summed E-state index contributed by atoms with van der Waals surface area (Å²) in [6, 6.07) is 0. The molecule has 1 aromatic rings. The highest BCUT2D eigenvalue weighted by atomic mass is 15.2. The number of rotatable bonds is 8. The molecule has 0 saturated heterocycles. The Hall–Kier alpha value is -0.830. The van der Waals surface area contributed by atoms with E-state index >= 15 is 0 Å². The molecule has 1 atom stereocenters. The number of hydrogen-bond donors (Lipinski definition) is 1. The van der Waals surface area contributed by atoms with Crippen LogP contribution >= 0.6 is 0 Å². The second-order valence-electron chi connectivity index (χ2n) is 5.36. The van der Waals surface area contributed by atoms with Gasteiger partial charge in [-0.1, -0.05) is 27.2 Å². The van der Waals surface area contributed by atoms with Gasteiger partial charge in [-0.25, -0.2) is 0 Å². The molecule has 1 rings (SSSR count). The first-order valence-corrected chi connectivity index (χ1v) is 6.78. The lowest BCUT2D eigenvalue weighted by molar-refractivity contribution is 0.258. The molecular weight excluding hydrogens is 210 g/mol. The standard InChI is InChI=1S/C14H27N3/c1-5-8-14(3,12-15-6-2)9-7-13-10-16-17(4)11-13/h10-11,15H,5-9,12H2,1-4H3. The van der Waals surface area contributed by atoms with E-state index in [9.17, 15) is 0 Å². The van der Waals surface area contributed by atoms with E-state index in [-0.39, 0.29) is 0 Å². The van der Waals surface area contributed by atoms with E-state index < -0.39 is 0 Å². The molecule has 98 valence electrons. The summed E-state index contributed by atoms with van der Waals surface area (Å²) in [5, 5.41) is 7.72. The van der Waals surface area contributed by atoms with Crippen LogP contribution < -0.4 is 5.32 Å². The maximum Gasteiger partial charge on any atom is 0.0521 e. The van der Waals surface area contributed by atoms with Gasteiger partial charge in [-0.3, -0.25) is 4.68 Å². The van der Waals surface area contributed by atoms with Crippen LogP contribution in [0.2, 0.25) is 0 Å². The zero-order valence-corrected chi connectivity index (χ0v) is 11.8. The molecule has 0 saturated carbocycles. The normalized spacial score (nSPS) is 14.8. The zero-order valence-electron chi connectivity index (χ0n) is 11.8. The largest absolute Gasteiger partial charge is 0.316 e. The van der Waals surface area contributed by atoms with Crippen molar-refractivity contribution in [2.24, 2.45) is 12.5 Å². The van der Waals surface area contributed by atoms with Gasteiger partial charge in [0.05, 0.1) is 6.20 Å². The third-order valence-corrected chi connectivity index (χ3v) is 3.43. The highest BCUT2D eigenvalue weighted by Gasteiger charge is 2.22. The second-order valence-corrected chi connectivity index (χ2v) is 5.36. The van der Waals surface area contributed by atoms with E-state index in [1.165, 1.54) is 24.8 Å². The van der Waals surface area contributed by atoms with Gasteiger partial charge in [0.1, 0.15) is 0 Å². The summed E-state index contributed by atoms with van der Waals surface area (Å²) in [6.07, 6.45) is 9.03. The van der Waals surface area contributed by atoms with Crippen molar-refractivity contribution in [3.8, 4) is 0 Å². The number of aryl methyl sites for hydroxylation is 2. The molecule has 1 heterocycles. The minimum Gasteiger partial charge on any atom is -0.316 e. The molecule has 1 unspecified atom stereocenters. The number of nitrogens with one attached hydrogen (secondary N) is 1. The second kappa shape index (κ2) is 6.80. The first-order valence-electron chi connectivity index (χ1n) is 6.78. The van der Waals surface area contributed by atoms with E-state index in [0.29, 0.717) is 5.41 Å². The van der Waals surface area contributed by atoms with Crippen molar-refractivity contribution in [3.63, 3.8) is 0 Å². The van der Waals surface area contributed by atoms with Crippen LogP contribution in [0.25, 0.3) is 0 Å². The van der Waals surface area contributed by atoms with E-state index in [1.54, 1.807) is 0 Å². The van der Waals surface area contributed by atoms with E-state index in [4.69, 9.17) is 0 Å². The highest BCUT2D eigenvalue weighted by molar-refractivity contribution is 5.04. The fraction of sp³-hybridized carbons (Fsp3) is 0.786. The fourth-order valence-corrected chi connectivity index (χ4v) is 2.38. The Morgan fingerprint density at radius 2 is 2.12 bits per heavy atom. The molecule has 0 amide bonds. The van der Waals surface area contributed by atoms with Gasteiger partial charge in [-0.15, -0.1) is 0 Å². The summed E-state index contributed by atoms with van der Waals surface area (Å²) in [5.41, 5.74) is 1.77. The van der Waals surface area contributed by atoms with Crippen LogP contribution in [0.1, 0.15) is 45.6 Å². The van der Waals surface area contributed by atoms with Crippen molar-refractivity contribution in [1.29, 1.82) is 0 Å². The average molecular weight is 237 g/mol. The molecule has 3 nitrogen and oxygen atoms in total. The summed E-state index contributed by atoms with van der Waals surface area (Å²) < 4.78 is 1.89. The summed E-state index contributed by atoms with van der Waals surface area (Å²) in [4.78, 5) is 0. The predicted molar refractivity (Wildman–Crippen MR) is 73.1 cm³/mol. The molecule has 1 N–H and O–H groups in total. The minimum absolute atomic E-state index is 0.417. The number of aromatic nitrogens is 2. The van der Waals surface area contributed by atoms with Crippen LogP contribution in [-0.4, -0.2) is 22.9 Å². The lowest BCUT2D eigenvalue weighted by Gasteiger charge is -2.29. The van der Waals surface area contributed by atoms with Crippen molar-refractivity contribution < 1.29 is 0 Å². The van der Waals surface area contributed by atoms with Gasteiger partial charge in [-0.05, 0) is 36.8 Å². The fourth-order valence-electron chi connectivity index (χ4n) is 2.38. The van der Waals surface area contributed by atoms with Crippen LogP contribution in [0, 0.1) is 5.41 Å². The van der Waals surface area contributed by atoms with Crippen LogP contribution in [0.15, 0.2) is 12.4 Å². The Morgan fingerprint density at radius 3 is 2.65 bits per heavy atom. The van der Waals surface area contributed by atoms with Crippen molar-refractivity contribution in [1.82, 2.24) is 15.1 Å². The van der Waals surface area contributed by atoms with Gasteiger partial charge in [0, 0.05) is 19.8 Å². The van der Waals surface area contributed by atoms with Gasteiger partial charge in [0.2, 0.25) is 0 Å². The average Bonchev–Trinajstić information content (AvgIpc) is 2.71. The van der Waals surface area contributed by atoms with Crippen molar-refractivity contribution in [2.75, 3.05) is 13.1 Å². The molecular formula is C14H27N3. The summed E-state index contributed by atoms with van der Waals surface area (Å²) >= 11 is 0. The van der Waals surface area contributed by atoms with Crippen molar-refractivity contribution in [2.45, 2.75) is 46.5 Å². The molecule has 0 aliphatic carbocycles. The number of hydrogen-bond acceptors (Lipinski definition) is 2. The Bertz CT molecular complexity index is 319. The smallest absolute Gasteiger partial charge is 0.0521 e. The highest BCUT2D eigenvalue weighted by Crippen LogP contribution is 2.28. The topological polar surface area (TPSA) is 29.9 Å². The maximum absolute atomic E-state index is 4.23. The van der Waals surface area contributed by atoms with Gasteiger partial charge >= 0.3 is 0 Å². The molecule has 0 bridgehead atoms. The third kappa shape index (κ3) is 4.90. The van der Waals surface area contributed by atoms with Gasteiger partial charge in [0.15, 0.2) is 0 Å². The molecule has 3 heteroatoms. The summed E-state index contributed by atoms with van der Waals surface area (Å²) in [5.74, 6) is 0. The first kappa shape index (κ1) is 14.2. The molecule has 0 aliphatic heterocycles. The monoisotopic (exact) mass is 237 g/mol. The van der Waals surface area contributed by atoms with E-state index in [2.05, 4.69) is 37.4 Å². The Kier molecular flexibility index (Phi) is 5.69. The maximum atomic E-state index is 4.23. The zero-order chi connectivity index (χ0) is 12.7. The van der Waals surface area contributed by atoms with Crippen molar-refractivity contribution >= 4 is 0 Å². The summed E-state index contributed by atoms with van der Waals surface area (Å²) in [6.45, 7) is 9.03. The van der Waals surface area contributed by atoms with Gasteiger partial charge in [-0.2, -0.15) is 5.10 Å². The molecule has 0 fully saturated rings. The van der Waals surface area contributed by atoms with Crippen LogP contribution in [-0.2, 0) is 13.5 Å². The van der Waals surface area contributed by atoms with Crippen LogP contribution in [0.3, 0.4) is 0 Å². The SMILES string of the molecule is CCCC(C)(CCc1cnn(C)c1)CNCC. The van der Waals surface area contributed by atoms with Crippen LogP contribution in [0.5, 0.6) is 0 Å². The molecule has 0 aliphatic rings. The molecule has 1 aromatic heterocycles. The third-order valence-electron chi connectivity index (χ3n) is 3.43. The van der Waals surface area contributed by atoms with E-state index in [1.807, 2.05) is 17.9 Å². The summed E-state index contributed by atoms with van der Waals surface area (Å²) in [7, 11) is 1.98. The molecule has 17 heavy (non-hydrogen) atoms. The van der Waals surface area contributed by atoms with Gasteiger partial charge in [0.25, 0.3) is 0 Å². The lowest BCUT2D eigenvalue weighted by atomic mass is 9.80. The molecule has 0 spiro atoms. The minimum atomic E-state index is 0.417. The number of nitrogens with zero attached hydrogens (tertiary/aromatic N) is 2. The van der Waals surface area contributed by atoms with Crippen molar-refractivity contribution in [3.05, 3.63) is 18.0 Å². The lowest BCUT2D eigenvalue weighted by Crippen LogP contribution is -2.32. The molecule has 0 radical (unpaired) electrons. The quantitative estimate of drug-likeness (QED) is 0.753. The predicted octanol–water partition coefficient (Wildman–Crippen LogP) is 2.77. The first-order chi connectivity index (χ1) is 8.09. The van der Waals surface area contributed by atoms with Crippen LogP contribution in [0.4, 0.5) is 0 Å². The van der Waals surface area contributed by atoms with Gasteiger partial charge < -0.3 is 5.32 Å².